The highest BCUT2D eigenvalue weighted by molar-refractivity contribution is 6.30. The molecule has 1 amide bonds. The molecule has 0 fully saturated rings. The van der Waals surface area contributed by atoms with Gasteiger partial charge < -0.3 is 5.32 Å². The van der Waals surface area contributed by atoms with Crippen LogP contribution in [0.2, 0.25) is 5.02 Å². The predicted octanol–water partition coefficient (Wildman–Crippen LogP) is 2.32. The van der Waals surface area contributed by atoms with Crippen LogP contribution in [0.1, 0.15) is 19.4 Å². The molecule has 0 bridgehead atoms. The normalized spacial score (nSPS) is 12.1. The first-order chi connectivity index (χ1) is 11.6. The van der Waals surface area contributed by atoms with Crippen molar-refractivity contribution in [3.05, 3.63) is 41.6 Å². The Bertz CT molecular complexity index is 840. The van der Waals surface area contributed by atoms with Gasteiger partial charge in [0.15, 0.2) is 11.9 Å². The van der Waals surface area contributed by atoms with Gasteiger partial charge in [-0.1, -0.05) is 18.5 Å². The van der Waals surface area contributed by atoms with Crippen LogP contribution < -0.4 is 5.32 Å². The van der Waals surface area contributed by atoms with E-state index in [0.29, 0.717) is 23.1 Å². The lowest BCUT2D eigenvalue weighted by atomic mass is 10.2. The van der Waals surface area contributed by atoms with Crippen molar-refractivity contribution in [2.45, 2.75) is 19.4 Å². The first-order valence-corrected chi connectivity index (χ1v) is 7.80. The van der Waals surface area contributed by atoms with Gasteiger partial charge in [-0.3, -0.25) is 9.48 Å². The third-order valence-corrected chi connectivity index (χ3v) is 3.72. The third kappa shape index (κ3) is 3.43. The van der Waals surface area contributed by atoms with E-state index in [9.17, 15) is 4.79 Å². The highest BCUT2D eigenvalue weighted by Gasteiger charge is 2.22. The molecule has 1 aromatic carbocycles. The van der Waals surface area contributed by atoms with Crippen molar-refractivity contribution in [3.8, 4) is 11.4 Å². The molecule has 1 atom stereocenters. The average Bonchev–Trinajstić information content (AvgIpc) is 3.18. The van der Waals surface area contributed by atoms with Crippen LogP contribution in [0.3, 0.4) is 0 Å². The highest BCUT2D eigenvalue weighted by atomic mass is 35.5. The predicted molar refractivity (Wildman–Crippen MR) is 89.4 cm³/mol. The zero-order valence-corrected chi connectivity index (χ0v) is 14.0. The summed E-state index contributed by atoms with van der Waals surface area (Å²) in [6, 6.07) is 8.27. The zero-order chi connectivity index (χ0) is 17.1. The van der Waals surface area contributed by atoms with E-state index in [1.807, 2.05) is 6.92 Å². The fraction of sp³-hybridized carbons (Fsp3) is 0.267. The summed E-state index contributed by atoms with van der Waals surface area (Å²) >= 11 is 5.88. The van der Waals surface area contributed by atoms with Crippen LogP contribution >= 0.6 is 11.6 Å². The monoisotopic (exact) mass is 345 g/mol. The zero-order valence-electron chi connectivity index (χ0n) is 13.2. The van der Waals surface area contributed by atoms with Crippen LogP contribution in [-0.2, 0) is 11.8 Å². The Hall–Kier alpha value is -2.74. The van der Waals surface area contributed by atoms with E-state index in [4.69, 9.17) is 11.6 Å². The molecule has 9 heteroatoms. The second kappa shape index (κ2) is 6.79. The second-order valence-electron chi connectivity index (χ2n) is 5.23. The largest absolute Gasteiger partial charge is 0.307 e. The molecule has 2 aromatic heterocycles. The highest BCUT2D eigenvalue weighted by Crippen LogP contribution is 2.19. The van der Waals surface area contributed by atoms with E-state index >= 15 is 0 Å². The smallest absolute Gasteiger partial charge is 0.252 e. The summed E-state index contributed by atoms with van der Waals surface area (Å²) in [4.78, 5) is 13.8. The number of aryl methyl sites for hydroxylation is 1. The number of halogens is 1. The summed E-state index contributed by atoms with van der Waals surface area (Å²) in [5.74, 6) is 0.686. The van der Waals surface area contributed by atoms with Crippen molar-refractivity contribution in [1.29, 1.82) is 0 Å². The minimum atomic E-state index is -0.569. The molecule has 0 aliphatic carbocycles. The molecule has 0 unspecified atom stereocenters. The molecule has 0 aliphatic heterocycles. The van der Waals surface area contributed by atoms with Crippen molar-refractivity contribution in [2.75, 3.05) is 5.32 Å². The van der Waals surface area contributed by atoms with Gasteiger partial charge in [0, 0.05) is 29.9 Å². The molecule has 3 rings (SSSR count). The first kappa shape index (κ1) is 16.1. The van der Waals surface area contributed by atoms with Gasteiger partial charge in [-0.05, 0) is 35.9 Å². The SMILES string of the molecule is CC[C@H](C(=O)Nc1ccn(C)n1)n1nnc(-c2ccc(Cl)cc2)n1. The van der Waals surface area contributed by atoms with Crippen LogP contribution in [0, 0.1) is 0 Å². The van der Waals surface area contributed by atoms with Crippen molar-refractivity contribution in [2.24, 2.45) is 7.05 Å². The number of hydrogen-bond donors (Lipinski definition) is 1. The van der Waals surface area contributed by atoms with Gasteiger partial charge in [0.1, 0.15) is 0 Å². The molecule has 24 heavy (non-hydrogen) atoms. The number of tetrazole rings is 1. The van der Waals surface area contributed by atoms with Gasteiger partial charge >= 0.3 is 0 Å². The lowest BCUT2D eigenvalue weighted by molar-refractivity contribution is -0.120. The van der Waals surface area contributed by atoms with Crippen molar-refractivity contribution >= 4 is 23.3 Å². The summed E-state index contributed by atoms with van der Waals surface area (Å²) in [6.45, 7) is 1.88. The fourth-order valence-electron chi connectivity index (χ4n) is 2.22. The van der Waals surface area contributed by atoms with Gasteiger partial charge in [-0.2, -0.15) is 9.90 Å². The maximum Gasteiger partial charge on any atom is 0.252 e. The number of carbonyl (C=O) groups excluding carboxylic acids is 1. The van der Waals surface area contributed by atoms with Gasteiger partial charge in [-0.15, -0.1) is 10.2 Å². The quantitative estimate of drug-likeness (QED) is 0.766. The fourth-order valence-corrected chi connectivity index (χ4v) is 2.34. The summed E-state index contributed by atoms with van der Waals surface area (Å²) in [6.07, 6.45) is 2.28. The Labute approximate surface area is 143 Å². The van der Waals surface area contributed by atoms with Crippen LogP contribution in [-0.4, -0.2) is 35.9 Å². The number of carbonyl (C=O) groups is 1. The molecule has 0 saturated heterocycles. The number of hydrogen-bond acceptors (Lipinski definition) is 5. The van der Waals surface area contributed by atoms with Crippen LogP contribution in [0.5, 0.6) is 0 Å². The Morgan fingerprint density at radius 3 is 2.62 bits per heavy atom. The molecular formula is C15H16ClN7O. The minimum absolute atomic E-state index is 0.240. The molecular weight excluding hydrogens is 330 g/mol. The molecule has 124 valence electrons. The van der Waals surface area contributed by atoms with Gasteiger partial charge in [0.2, 0.25) is 5.82 Å². The number of amides is 1. The second-order valence-corrected chi connectivity index (χ2v) is 5.66. The Morgan fingerprint density at radius 1 is 1.25 bits per heavy atom. The summed E-state index contributed by atoms with van der Waals surface area (Å²) in [5, 5.41) is 19.9. The first-order valence-electron chi connectivity index (χ1n) is 7.42. The number of benzene rings is 1. The number of nitrogens with one attached hydrogen (secondary N) is 1. The van der Waals surface area contributed by atoms with Crippen molar-refractivity contribution in [3.63, 3.8) is 0 Å². The van der Waals surface area contributed by atoms with E-state index < -0.39 is 6.04 Å². The molecule has 8 nitrogen and oxygen atoms in total. The standard InChI is InChI=1S/C15H16ClN7O/c1-3-12(15(24)17-13-8-9-22(2)19-13)23-20-14(18-21-23)10-4-6-11(16)7-5-10/h4-9,12H,3H2,1-2H3,(H,17,19,24)/t12-/m1/s1. The van der Waals surface area contributed by atoms with E-state index in [0.717, 1.165) is 5.56 Å². The van der Waals surface area contributed by atoms with E-state index in [-0.39, 0.29) is 5.91 Å². The Kier molecular flexibility index (Phi) is 4.57. The molecule has 0 saturated carbocycles. The topological polar surface area (TPSA) is 90.5 Å². The number of aromatic nitrogens is 6. The molecule has 3 aromatic rings. The summed E-state index contributed by atoms with van der Waals surface area (Å²) in [7, 11) is 1.78. The van der Waals surface area contributed by atoms with Gasteiger partial charge in [0.25, 0.3) is 5.91 Å². The number of nitrogens with zero attached hydrogens (tertiary/aromatic N) is 6. The maximum absolute atomic E-state index is 12.4. The Balaban J connectivity index is 1.78. The van der Waals surface area contributed by atoms with E-state index in [1.54, 1.807) is 48.3 Å². The lowest BCUT2D eigenvalue weighted by Gasteiger charge is -2.12. The van der Waals surface area contributed by atoms with E-state index in [2.05, 4.69) is 25.8 Å². The van der Waals surface area contributed by atoms with Crippen LogP contribution in [0.25, 0.3) is 11.4 Å². The Morgan fingerprint density at radius 2 is 2.00 bits per heavy atom. The van der Waals surface area contributed by atoms with Crippen molar-refractivity contribution < 1.29 is 4.79 Å². The van der Waals surface area contributed by atoms with Crippen LogP contribution in [0.4, 0.5) is 5.82 Å². The van der Waals surface area contributed by atoms with E-state index in [1.165, 1.54) is 4.80 Å². The minimum Gasteiger partial charge on any atom is -0.307 e. The lowest BCUT2D eigenvalue weighted by Crippen LogP contribution is -2.27. The average molecular weight is 346 g/mol. The van der Waals surface area contributed by atoms with Crippen molar-refractivity contribution in [1.82, 2.24) is 30.0 Å². The van der Waals surface area contributed by atoms with Gasteiger partial charge in [0.05, 0.1) is 0 Å². The molecule has 0 spiro atoms. The van der Waals surface area contributed by atoms with Gasteiger partial charge in [-0.25, -0.2) is 0 Å². The maximum atomic E-state index is 12.4. The number of rotatable bonds is 5. The molecule has 0 radical (unpaired) electrons. The van der Waals surface area contributed by atoms with Crippen LogP contribution in [0.15, 0.2) is 36.5 Å². The summed E-state index contributed by atoms with van der Waals surface area (Å²) < 4.78 is 1.61. The molecule has 0 aliphatic rings. The number of anilines is 1. The molecule has 2 heterocycles. The third-order valence-electron chi connectivity index (χ3n) is 3.46. The summed E-state index contributed by atoms with van der Waals surface area (Å²) in [5.41, 5.74) is 0.783. The molecule has 1 N–H and O–H groups in total.